The van der Waals surface area contributed by atoms with Gasteiger partial charge in [-0.1, -0.05) is 23.7 Å². The van der Waals surface area contributed by atoms with Crippen molar-refractivity contribution in [1.29, 1.82) is 0 Å². The zero-order chi connectivity index (χ0) is 12.3. The van der Waals surface area contributed by atoms with E-state index in [0.29, 0.717) is 5.02 Å². The summed E-state index contributed by atoms with van der Waals surface area (Å²) in [7, 11) is 0. The van der Waals surface area contributed by atoms with Gasteiger partial charge in [0, 0.05) is 16.6 Å². The van der Waals surface area contributed by atoms with Crippen molar-refractivity contribution in [3.8, 4) is 0 Å². The number of hydrogen-bond acceptors (Lipinski definition) is 2. The highest BCUT2D eigenvalue weighted by Gasteiger charge is 2.21. The Morgan fingerprint density at radius 3 is 2.44 bits per heavy atom. The number of nitrogens with one attached hydrogen (secondary N) is 1. The number of rotatable bonds is 3. The van der Waals surface area contributed by atoms with Crippen LogP contribution in [0.15, 0.2) is 24.3 Å². The Balaban J connectivity index is 2.74. The van der Waals surface area contributed by atoms with Crippen LogP contribution in [0.2, 0.25) is 5.02 Å². The summed E-state index contributed by atoms with van der Waals surface area (Å²) < 4.78 is 0. The van der Waals surface area contributed by atoms with Crippen LogP contribution in [0.1, 0.15) is 39.4 Å². The second-order valence-corrected chi connectivity index (χ2v) is 5.62. The molecule has 0 aromatic heterocycles. The van der Waals surface area contributed by atoms with E-state index in [0.717, 1.165) is 5.56 Å². The van der Waals surface area contributed by atoms with Crippen LogP contribution in [0.4, 0.5) is 0 Å². The minimum Gasteiger partial charge on any atom is -0.387 e. The van der Waals surface area contributed by atoms with Crippen molar-refractivity contribution >= 4 is 11.6 Å². The SMILES string of the molecule is C[C@@H](NC(C)(C)C)[C@H](O)c1cccc(Cl)c1. The van der Waals surface area contributed by atoms with Crippen LogP contribution < -0.4 is 5.32 Å². The Kier molecular flexibility index (Phi) is 4.36. The van der Waals surface area contributed by atoms with Gasteiger partial charge in [0.15, 0.2) is 0 Å². The van der Waals surface area contributed by atoms with Crippen LogP contribution in [0.25, 0.3) is 0 Å². The second-order valence-electron chi connectivity index (χ2n) is 5.18. The highest BCUT2D eigenvalue weighted by Crippen LogP contribution is 2.21. The molecule has 1 aromatic rings. The molecule has 0 aliphatic rings. The first-order chi connectivity index (χ1) is 7.29. The highest BCUT2D eigenvalue weighted by molar-refractivity contribution is 6.30. The summed E-state index contributed by atoms with van der Waals surface area (Å²) in [4.78, 5) is 0. The summed E-state index contributed by atoms with van der Waals surface area (Å²) in [6.07, 6.45) is -0.544. The van der Waals surface area contributed by atoms with Gasteiger partial charge in [-0.05, 0) is 45.4 Å². The molecule has 0 saturated heterocycles. The maximum Gasteiger partial charge on any atom is 0.0940 e. The normalized spacial score (nSPS) is 15.9. The van der Waals surface area contributed by atoms with Crippen LogP contribution in [0.3, 0.4) is 0 Å². The van der Waals surface area contributed by atoms with Crippen LogP contribution in [0, 0.1) is 0 Å². The second kappa shape index (κ2) is 5.17. The minimum atomic E-state index is -0.544. The number of hydrogen-bond donors (Lipinski definition) is 2. The average Bonchev–Trinajstić information content (AvgIpc) is 2.14. The summed E-state index contributed by atoms with van der Waals surface area (Å²) in [6, 6.07) is 7.33. The average molecular weight is 242 g/mol. The largest absolute Gasteiger partial charge is 0.387 e. The fraction of sp³-hybridized carbons (Fsp3) is 0.538. The molecule has 0 fully saturated rings. The zero-order valence-electron chi connectivity index (χ0n) is 10.3. The van der Waals surface area contributed by atoms with Gasteiger partial charge < -0.3 is 10.4 Å². The van der Waals surface area contributed by atoms with Crippen molar-refractivity contribution in [1.82, 2.24) is 5.32 Å². The molecule has 1 rings (SSSR count). The van der Waals surface area contributed by atoms with E-state index in [2.05, 4.69) is 26.1 Å². The number of halogens is 1. The molecular weight excluding hydrogens is 222 g/mol. The monoisotopic (exact) mass is 241 g/mol. The van der Waals surface area contributed by atoms with Crippen molar-refractivity contribution in [2.45, 2.75) is 45.4 Å². The lowest BCUT2D eigenvalue weighted by Crippen LogP contribution is -2.44. The van der Waals surface area contributed by atoms with Gasteiger partial charge >= 0.3 is 0 Å². The van der Waals surface area contributed by atoms with Gasteiger partial charge in [0.2, 0.25) is 0 Å². The molecule has 0 bridgehead atoms. The van der Waals surface area contributed by atoms with E-state index in [1.807, 2.05) is 19.1 Å². The van der Waals surface area contributed by atoms with E-state index in [-0.39, 0.29) is 11.6 Å². The highest BCUT2D eigenvalue weighted by atomic mass is 35.5. The predicted molar refractivity (Wildman–Crippen MR) is 68.8 cm³/mol. The lowest BCUT2D eigenvalue weighted by atomic mass is 10.00. The summed E-state index contributed by atoms with van der Waals surface area (Å²) in [5, 5.41) is 14.2. The van der Waals surface area contributed by atoms with Gasteiger partial charge in [-0.15, -0.1) is 0 Å². The van der Waals surface area contributed by atoms with E-state index in [9.17, 15) is 5.11 Å². The molecule has 0 heterocycles. The summed E-state index contributed by atoms with van der Waals surface area (Å²) in [5.41, 5.74) is 0.829. The lowest BCUT2D eigenvalue weighted by Gasteiger charge is -2.29. The summed E-state index contributed by atoms with van der Waals surface area (Å²) in [5.74, 6) is 0. The number of aliphatic hydroxyl groups is 1. The Labute approximate surface area is 103 Å². The topological polar surface area (TPSA) is 32.3 Å². The number of aliphatic hydroxyl groups excluding tert-OH is 1. The molecule has 90 valence electrons. The van der Waals surface area contributed by atoms with E-state index in [1.165, 1.54) is 0 Å². The molecule has 0 aliphatic carbocycles. The Morgan fingerprint density at radius 1 is 1.31 bits per heavy atom. The molecular formula is C13H20ClNO. The molecule has 16 heavy (non-hydrogen) atoms. The quantitative estimate of drug-likeness (QED) is 0.852. The maximum atomic E-state index is 10.2. The van der Waals surface area contributed by atoms with Crippen LogP contribution >= 0.6 is 11.6 Å². The molecule has 0 saturated carbocycles. The van der Waals surface area contributed by atoms with Crippen molar-refractivity contribution in [2.24, 2.45) is 0 Å². The standard InChI is InChI=1S/C13H20ClNO/c1-9(15-13(2,3)4)12(16)10-6-5-7-11(14)8-10/h5-9,12,15-16H,1-4H3/t9-,12+/m1/s1. The summed E-state index contributed by atoms with van der Waals surface area (Å²) >= 11 is 5.90. The van der Waals surface area contributed by atoms with Gasteiger partial charge in [0.25, 0.3) is 0 Å². The van der Waals surface area contributed by atoms with Crippen molar-refractivity contribution in [3.63, 3.8) is 0 Å². The first-order valence-electron chi connectivity index (χ1n) is 5.51. The number of benzene rings is 1. The van der Waals surface area contributed by atoms with Crippen LogP contribution in [-0.4, -0.2) is 16.7 Å². The molecule has 3 heteroatoms. The third-order valence-corrected chi connectivity index (χ3v) is 2.56. The summed E-state index contributed by atoms with van der Waals surface area (Å²) in [6.45, 7) is 8.20. The minimum absolute atomic E-state index is 0.0149. The third-order valence-electron chi connectivity index (χ3n) is 2.32. The lowest BCUT2D eigenvalue weighted by molar-refractivity contribution is 0.121. The van der Waals surface area contributed by atoms with Crippen LogP contribution in [0.5, 0.6) is 0 Å². The van der Waals surface area contributed by atoms with E-state index < -0.39 is 6.10 Å². The molecule has 2 nitrogen and oxygen atoms in total. The smallest absolute Gasteiger partial charge is 0.0940 e. The van der Waals surface area contributed by atoms with E-state index in [1.54, 1.807) is 12.1 Å². The van der Waals surface area contributed by atoms with Gasteiger partial charge in [-0.3, -0.25) is 0 Å². The molecule has 0 aliphatic heterocycles. The molecule has 0 spiro atoms. The maximum absolute atomic E-state index is 10.2. The molecule has 0 radical (unpaired) electrons. The van der Waals surface area contributed by atoms with Gasteiger partial charge in [0.1, 0.15) is 0 Å². The Hall–Kier alpha value is -0.570. The zero-order valence-corrected chi connectivity index (χ0v) is 11.0. The van der Waals surface area contributed by atoms with E-state index in [4.69, 9.17) is 11.6 Å². The Bertz CT molecular complexity index is 346. The molecule has 1 aromatic carbocycles. The first-order valence-corrected chi connectivity index (χ1v) is 5.88. The first kappa shape index (κ1) is 13.5. The van der Waals surface area contributed by atoms with Crippen molar-refractivity contribution in [3.05, 3.63) is 34.9 Å². The Morgan fingerprint density at radius 2 is 1.94 bits per heavy atom. The van der Waals surface area contributed by atoms with Gasteiger partial charge in [-0.25, -0.2) is 0 Å². The fourth-order valence-corrected chi connectivity index (χ4v) is 1.94. The van der Waals surface area contributed by atoms with E-state index >= 15 is 0 Å². The predicted octanol–water partition coefficient (Wildman–Crippen LogP) is 3.15. The molecule has 2 N–H and O–H groups in total. The van der Waals surface area contributed by atoms with Crippen LogP contribution in [-0.2, 0) is 0 Å². The van der Waals surface area contributed by atoms with Gasteiger partial charge in [0.05, 0.1) is 6.10 Å². The molecule has 0 unspecified atom stereocenters. The van der Waals surface area contributed by atoms with Crippen molar-refractivity contribution < 1.29 is 5.11 Å². The molecule has 2 atom stereocenters. The fourth-order valence-electron chi connectivity index (χ4n) is 1.74. The van der Waals surface area contributed by atoms with Gasteiger partial charge in [-0.2, -0.15) is 0 Å². The third kappa shape index (κ3) is 4.12. The molecule has 0 amide bonds. The van der Waals surface area contributed by atoms with Crippen molar-refractivity contribution in [2.75, 3.05) is 0 Å².